The smallest absolute Gasteiger partial charge is 0.260 e. The van der Waals surface area contributed by atoms with Crippen LogP contribution in [0, 0.1) is 5.92 Å². The zero-order valence-electron chi connectivity index (χ0n) is 15.7. The van der Waals surface area contributed by atoms with Gasteiger partial charge in [-0.3, -0.25) is 9.69 Å². The topological polar surface area (TPSA) is 54.2 Å². The molecular weight excluding hydrogens is 350 g/mol. The van der Waals surface area contributed by atoms with E-state index in [1.807, 2.05) is 48.5 Å². The molecule has 0 radical (unpaired) electrons. The number of pyridine rings is 1. The van der Waals surface area contributed by atoms with Crippen molar-refractivity contribution in [1.82, 2.24) is 9.88 Å². The summed E-state index contributed by atoms with van der Waals surface area (Å²) in [5, 5.41) is 4.95. The van der Waals surface area contributed by atoms with Crippen molar-refractivity contribution in [2.45, 2.75) is 18.9 Å². The summed E-state index contributed by atoms with van der Waals surface area (Å²) >= 11 is 0. The Labute approximate surface area is 164 Å². The number of carbonyl (C=O) groups excluding carboxylic acids is 1. The number of rotatable bonds is 7. The zero-order valence-corrected chi connectivity index (χ0v) is 15.7. The highest BCUT2D eigenvalue weighted by molar-refractivity contribution is 6.08. The lowest BCUT2D eigenvalue weighted by Crippen LogP contribution is -2.17. The average molecular weight is 373 g/mol. The van der Waals surface area contributed by atoms with Crippen LogP contribution >= 0.6 is 0 Å². The Kier molecular flexibility index (Phi) is 4.45. The zero-order chi connectivity index (χ0) is 18.9. The van der Waals surface area contributed by atoms with Gasteiger partial charge in [-0.15, -0.1) is 0 Å². The molecule has 0 spiro atoms. The molecule has 2 aromatic carbocycles. The fourth-order valence-electron chi connectivity index (χ4n) is 3.56. The third-order valence-corrected chi connectivity index (χ3v) is 5.45. The first-order chi connectivity index (χ1) is 13.8. The number of aromatic nitrogens is 1. The Morgan fingerprint density at radius 1 is 1.11 bits per heavy atom. The number of ether oxygens (including phenoxy) is 1. The fourth-order valence-corrected chi connectivity index (χ4v) is 3.56. The molecule has 28 heavy (non-hydrogen) atoms. The van der Waals surface area contributed by atoms with E-state index >= 15 is 0 Å². The predicted octanol–water partition coefficient (Wildman–Crippen LogP) is 3.96. The van der Waals surface area contributed by atoms with Gasteiger partial charge in [-0.25, -0.2) is 4.98 Å². The number of nitrogens with one attached hydrogen (secondary N) is 1. The van der Waals surface area contributed by atoms with Crippen LogP contribution in [0.15, 0.2) is 60.8 Å². The van der Waals surface area contributed by atoms with Crippen molar-refractivity contribution >= 4 is 22.5 Å². The van der Waals surface area contributed by atoms with Gasteiger partial charge in [-0.2, -0.15) is 0 Å². The van der Waals surface area contributed by atoms with Crippen molar-refractivity contribution in [1.29, 1.82) is 0 Å². The molecule has 5 rings (SSSR count). The summed E-state index contributed by atoms with van der Waals surface area (Å²) in [6.07, 6.45) is 4.40. The van der Waals surface area contributed by atoms with Crippen LogP contribution in [-0.4, -0.2) is 41.5 Å². The van der Waals surface area contributed by atoms with Gasteiger partial charge in [-0.1, -0.05) is 30.3 Å². The van der Waals surface area contributed by atoms with Crippen LogP contribution in [0.1, 0.15) is 23.2 Å². The molecule has 1 aliphatic heterocycles. The standard InChI is InChI=1S/C23H23N3O2/c27-23(25-22-7-3-4-10-24-22)20-11-17-5-1-2-6-18(17)12-21(20)28-15-19-14-26(19)13-16-8-9-16/h1-7,10-12,16,19H,8-9,13-15H2,(H,24,25,27). The second-order valence-corrected chi connectivity index (χ2v) is 7.73. The molecule has 0 bridgehead atoms. The molecule has 1 amide bonds. The number of hydrogen-bond acceptors (Lipinski definition) is 4. The number of hydrogen-bond donors (Lipinski definition) is 1. The Morgan fingerprint density at radius 3 is 2.64 bits per heavy atom. The molecule has 2 unspecified atom stereocenters. The first-order valence-corrected chi connectivity index (χ1v) is 9.88. The maximum absolute atomic E-state index is 12.9. The van der Waals surface area contributed by atoms with E-state index in [0.29, 0.717) is 29.8 Å². The molecule has 2 heterocycles. The number of amides is 1. The highest BCUT2D eigenvalue weighted by Gasteiger charge is 2.38. The van der Waals surface area contributed by atoms with Crippen LogP contribution in [0.4, 0.5) is 5.82 Å². The third-order valence-electron chi connectivity index (χ3n) is 5.45. The first-order valence-electron chi connectivity index (χ1n) is 9.88. The van der Waals surface area contributed by atoms with Crippen LogP contribution in [0.2, 0.25) is 0 Å². The van der Waals surface area contributed by atoms with Crippen molar-refractivity contribution in [2.24, 2.45) is 5.92 Å². The minimum absolute atomic E-state index is 0.204. The van der Waals surface area contributed by atoms with Gasteiger partial charge < -0.3 is 10.1 Å². The Balaban J connectivity index is 1.36. The van der Waals surface area contributed by atoms with Gasteiger partial charge in [0.05, 0.1) is 11.6 Å². The lowest BCUT2D eigenvalue weighted by atomic mass is 10.1. The quantitative estimate of drug-likeness (QED) is 0.637. The van der Waals surface area contributed by atoms with E-state index in [1.165, 1.54) is 19.4 Å². The van der Waals surface area contributed by atoms with Crippen LogP contribution < -0.4 is 10.1 Å². The van der Waals surface area contributed by atoms with Crippen LogP contribution in [0.25, 0.3) is 10.8 Å². The Morgan fingerprint density at radius 2 is 1.89 bits per heavy atom. The Hall–Kier alpha value is -2.92. The van der Waals surface area contributed by atoms with Gasteiger partial charge in [0.25, 0.3) is 5.91 Å². The van der Waals surface area contributed by atoms with Crippen molar-refractivity contribution in [2.75, 3.05) is 25.0 Å². The second-order valence-electron chi connectivity index (χ2n) is 7.73. The third kappa shape index (κ3) is 3.85. The summed E-state index contributed by atoms with van der Waals surface area (Å²) in [6.45, 7) is 2.91. The van der Waals surface area contributed by atoms with Crippen LogP contribution in [-0.2, 0) is 0 Å². The monoisotopic (exact) mass is 373 g/mol. The van der Waals surface area contributed by atoms with Crippen molar-refractivity contribution in [3.63, 3.8) is 0 Å². The lowest BCUT2D eigenvalue weighted by molar-refractivity contribution is 0.102. The van der Waals surface area contributed by atoms with Crippen molar-refractivity contribution in [3.05, 3.63) is 66.4 Å². The fraction of sp³-hybridized carbons (Fsp3) is 0.304. The summed E-state index contributed by atoms with van der Waals surface area (Å²) < 4.78 is 6.14. The largest absolute Gasteiger partial charge is 0.491 e. The molecule has 142 valence electrons. The van der Waals surface area contributed by atoms with Crippen LogP contribution in [0.3, 0.4) is 0 Å². The van der Waals surface area contributed by atoms with Gasteiger partial charge in [0.2, 0.25) is 0 Å². The first kappa shape index (κ1) is 17.2. The predicted molar refractivity (Wildman–Crippen MR) is 110 cm³/mol. The molecule has 2 atom stereocenters. The number of carbonyl (C=O) groups is 1. The minimum atomic E-state index is -0.204. The van der Waals surface area contributed by atoms with Crippen molar-refractivity contribution in [3.8, 4) is 5.75 Å². The van der Waals surface area contributed by atoms with E-state index in [2.05, 4.69) is 15.2 Å². The molecule has 2 fully saturated rings. The normalized spacial score (nSPS) is 20.7. The lowest BCUT2D eigenvalue weighted by Gasteiger charge is -2.13. The van der Waals surface area contributed by atoms with E-state index in [-0.39, 0.29) is 5.91 Å². The summed E-state index contributed by atoms with van der Waals surface area (Å²) in [7, 11) is 0. The molecular formula is C23H23N3O2. The summed E-state index contributed by atoms with van der Waals surface area (Å²) in [5.74, 6) is 1.85. The van der Waals surface area contributed by atoms with E-state index in [9.17, 15) is 4.79 Å². The second kappa shape index (κ2) is 7.24. The number of nitrogens with zero attached hydrogens (tertiary/aromatic N) is 2. The summed E-state index contributed by atoms with van der Waals surface area (Å²) in [6, 6.07) is 17.8. The molecule has 5 heteroatoms. The molecule has 1 saturated carbocycles. The van der Waals surface area contributed by atoms with E-state index < -0.39 is 0 Å². The maximum atomic E-state index is 12.9. The minimum Gasteiger partial charge on any atom is -0.491 e. The van der Waals surface area contributed by atoms with Gasteiger partial charge >= 0.3 is 0 Å². The highest BCUT2D eigenvalue weighted by Crippen LogP contribution is 2.34. The maximum Gasteiger partial charge on any atom is 0.260 e. The highest BCUT2D eigenvalue weighted by atomic mass is 16.5. The van der Waals surface area contributed by atoms with Crippen LogP contribution in [0.5, 0.6) is 5.75 Å². The summed E-state index contributed by atoms with van der Waals surface area (Å²) in [4.78, 5) is 19.6. The van der Waals surface area contributed by atoms with Gasteiger partial charge in [0.1, 0.15) is 18.2 Å². The SMILES string of the molecule is O=C(Nc1ccccn1)c1cc2ccccc2cc1OCC1CN1CC1CC1. The number of fused-ring (bicyclic) bond motifs is 1. The number of anilines is 1. The average Bonchev–Trinajstić information content (AvgIpc) is 3.65. The molecule has 1 N–H and O–H groups in total. The molecule has 1 saturated heterocycles. The van der Waals surface area contributed by atoms with E-state index in [1.54, 1.807) is 12.3 Å². The Bertz CT molecular complexity index is 1000. The molecule has 1 aromatic heterocycles. The molecule has 1 aliphatic carbocycles. The molecule has 3 aromatic rings. The van der Waals surface area contributed by atoms with Gasteiger partial charge in [0.15, 0.2) is 0 Å². The molecule has 5 nitrogen and oxygen atoms in total. The van der Waals surface area contributed by atoms with Crippen molar-refractivity contribution < 1.29 is 9.53 Å². The summed E-state index contributed by atoms with van der Waals surface area (Å²) in [5.41, 5.74) is 0.541. The van der Waals surface area contributed by atoms with Gasteiger partial charge in [-0.05, 0) is 53.8 Å². The molecule has 2 aliphatic rings. The number of benzene rings is 2. The van der Waals surface area contributed by atoms with Gasteiger partial charge in [0, 0.05) is 19.3 Å². The van der Waals surface area contributed by atoms with E-state index in [0.717, 1.165) is 23.2 Å². The van der Waals surface area contributed by atoms with E-state index in [4.69, 9.17) is 4.74 Å².